The summed E-state index contributed by atoms with van der Waals surface area (Å²) in [4.78, 5) is 12.8. The van der Waals surface area contributed by atoms with Gasteiger partial charge in [0.05, 0.1) is 4.88 Å². The lowest BCUT2D eigenvalue weighted by molar-refractivity contribution is 0.534. The molecular formula is C11H8BrN3O2S. The maximum Gasteiger partial charge on any atom is 0.268 e. The van der Waals surface area contributed by atoms with Gasteiger partial charge in [0.25, 0.3) is 11.4 Å². The van der Waals surface area contributed by atoms with Crippen molar-refractivity contribution >= 4 is 37.4 Å². The summed E-state index contributed by atoms with van der Waals surface area (Å²) in [5.41, 5.74) is -0.0271. The standard InChI is InChI=1S/C11H8BrN3O2S/c1-5-13-14-10(17-5)8-3-6-7(12)4-15(2)11(16)9(6)18-8/h3-4H,1-2H3. The molecule has 0 N–H and O–H groups in total. The van der Waals surface area contributed by atoms with E-state index >= 15 is 0 Å². The summed E-state index contributed by atoms with van der Waals surface area (Å²) in [7, 11) is 1.72. The third-order valence-corrected chi connectivity index (χ3v) is 4.29. The zero-order chi connectivity index (χ0) is 12.9. The third-order valence-electron chi connectivity index (χ3n) is 2.55. The predicted molar refractivity (Wildman–Crippen MR) is 72.8 cm³/mol. The largest absolute Gasteiger partial charge is 0.420 e. The van der Waals surface area contributed by atoms with Crippen LogP contribution in [0.3, 0.4) is 0 Å². The van der Waals surface area contributed by atoms with E-state index in [1.807, 2.05) is 6.07 Å². The van der Waals surface area contributed by atoms with E-state index in [1.165, 1.54) is 11.3 Å². The van der Waals surface area contributed by atoms with E-state index in [1.54, 1.807) is 24.7 Å². The van der Waals surface area contributed by atoms with Gasteiger partial charge in [-0.25, -0.2) is 0 Å². The van der Waals surface area contributed by atoms with Crippen LogP contribution in [0.1, 0.15) is 5.89 Å². The number of hydrogen-bond donors (Lipinski definition) is 0. The van der Waals surface area contributed by atoms with Crippen LogP contribution in [0.5, 0.6) is 0 Å². The average Bonchev–Trinajstić information content (AvgIpc) is 2.92. The molecule has 0 aliphatic rings. The molecule has 0 aromatic carbocycles. The Morgan fingerprint density at radius 3 is 2.89 bits per heavy atom. The number of thiophene rings is 1. The van der Waals surface area contributed by atoms with Gasteiger partial charge < -0.3 is 8.98 Å². The van der Waals surface area contributed by atoms with Gasteiger partial charge in [0.1, 0.15) is 4.70 Å². The lowest BCUT2D eigenvalue weighted by atomic mass is 10.3. The van der Waals surface area contributed by atoms with Crippen LogP contribution in [0, 0.1) is 6.92 Å². The number of fused-ring (bicyclic) bond motifs is 1. The second-order valence-electron chi connectivity index (χ2n) is 3.87. The zero-order valence-electron chi connectivity index (χ0n) is 9.60. The molecule has 7 heteroatoms. The molecule has 0 aliphatic heterocycles. The van der Waals surface area contributed by atoms with Crippen molar-refractivity contribution in [3.63, 3.8) is 0 Å². The minimum absolute atomic E-state index is 0.0271. The van der Waals surface area contributed by atoms with Crippen molar-refractivity contribution in [2.75, 3.05) is 0 Å². The highest BCUT2D eigenvalue weighted by Crippen LogP contribution is 2.34. The molecule has 18 heavy (non-hydrogen) atoms. The van der Waals surface area contributed by atoms with Crippen molar-refractivity contribution in [1.29, 1.82) is 0 Å². The number of pyridine rings is 1. The second-order valence-corrected chi connectivity index (χ2v) is 5.78. The van der Waals surface area contributed by atoms with Gasteiger partial charge in [-0.1, -0.05) is 0 Å². The lowest BCUT2D eigenvalue weighted by Crippen LogP contribution is -2.14. The molecule has 5 nitrogen and oxygen atoms in total. The minimum atomic E-state index is -0.0271. The molecule has 0 spiro atoms. The Kier molecular flexibility index (Phi) is 2.60. The lowest BCUT2D eigenvalue weighted by Gasteiger charge is -1.98. The van der Waals surface area contributed by atoms with E-state index in [0.717, 1.165) is 14.7 Å². The predicted octanol–water partition coefficient (Wildman–Crippen LogP) is 2.72. The van der Waals surface area contributed by atoms with E-state index < -0.39 is 0 Å². The van der Waals surface area contributed by atoms with Gasteiger partial charge in [0, 0.05) is 30.0 Å². The highest BCUT2D eigenvalue weighted by molar-refractivity contribution is 9.10. The van der Waals surface area contributed by atoms with Crippen LogP contribution in [0.4, 0.5) is 0 Å². The summed E-state index contributed by atoms with van der Waals surface area (Å²) in [5, 5.41) is 8.62. The van der Waals surface area contributed by atoms with Crippen LogP contribution < -0.4 is 5.56 Å². The first-order chi connectivity index (χ1) is 8.56. The highest BCUT2D eigenvalue weighted by atomic mass is 79.9. The molecule has 0 unspecified atom stereocenters. The molecule has 0 aliphatic carbocycles. The third kappa shape index (κ3) is 1.70. The topological polar surface area (TPSA) is 60.9 Å². The van der Waals surface area contributed by atoms with E-state index in [9.17, 15) is 4.79 Å². The van der Waals surface area contributed by atoms with Crippen molar-refractivity contribution in [2.24, 2.45) is 7.05 Å². The Bertz CT molecular complexity index is 802. The number of nitrogens with zero attached hydrogens (tertiary/aromatic N) is 3. The first-order valence-electron chi connectivity index (χ1n) is 5.15. The zero-order valence-corrected chi connectivity index (χ0v) is 12.0. The Hall–Kier alpha value is -1.47. The summed E-state index contributed by atoms with van der Waals surface area (Å²) < 4.78 is 8.47. The van der Waals surface area contributed by atoms with Crippen LogP contribution in [0.25, 0.3) is 20.9 Å². The van der Waals surface area contributed by atoms with Gasteiger partial charge in [-0.05, 0) is 22.0 Å². The fraction of sp³-hybridized carbons (Fsp3) is 0.182. The quantitative estimate of drug-likeness (QED) is 0.690. The SMILES string of the molecule is Cc1nnc(-c2cc3c(Br)cn(C)c(=O)c3s2)o1. The van der Waals surface area contributed by atoms with Gasteiger partial charge in [-0.3, -0.25) is 4.79 Å². The Morgan fingerprint density at radius 1 is 1.44 bits per heavy atom. The van der Waals surface area contributed by atoms with E-state index in [-0.39, 0.29) is 5.56 Å². The van der Waals surface area contributed by atoms with E-state index in [0.29, 0.717) is 16.5 Å². The normalized spacial score (nSPS) is 11.3. The number of hydrogen-bond acceptors (Lipinski definition) is 5. The first-order valence-corrected chi connectivity index (χ1v) is 6.76. The first kappa shape index (κ1) is 11.6. The summed E-state index contributed by atoms with van der Waals surface area (Å²) in [6, 6.07) is 1.89. The summed E-state index contributed by atoms with van der Waals surface area (Å²) in [6.07, 6.45) is 1.75. The maximum absolute atomic E-state index is 12.0. The van der Waals surface area contributed by atoms with Crippen molar-refractivity contribution in [3.8, 4) is 10.8 Å². The summed E-state index contributed by atoms with van der Waals surface area (Å²) >= 11 is 4.81. The van der Waals surface area contributed by atoms with Gasteiger partial charge in [-0.2, -0.15) is 0 Å². The van der Waals surface area contributed by atoms with Gasteiger partial charge >= 0.3 is 0 Å². The summed E-state index contributed by atoms with van der Waals surface area (Å²) in [5.74, 6) is 0.956. The molecule has 3 heterocycles. The second kappa shape index (κ2) is 4.03. The summed E-state index contributed by atoms with van der Waals surface area (Å²) in [6.45, 7) is 1.73. The minimum Gasteiger partial charge on any atom is -0.420 e. The van der Waals surface area contributed by atoms with E-state index in [2.05, 4.69) is 26.1 Å². The molecule has 0 amide bonds. The number of aryl methyl sites for hydroxylation is 2. The number of halogens is 1. The smallest absolute Gasteiger partial charge is 0.268 e. The van der Waals surface area contributed by atoms with Gasteiger partial charge in [0.2, 0.25) is 5.89 Å². The average molecular weight is 326 g/mol. The van der Waals surface area contributed by atoms with Crippen molar-refractivity contribution in [3.05, 3.63) is 33.0 Å². The Balaban J connectivity index is 2.32. The van der Waals surface area contributed by atoms with Crippen molar-refractivity contribution < 1.29 is 4.42 Å². The molecule has 3 aromatic heterocycles. The molecule has 0 atom stereocenters. The van der Waals surface area contributed by atoms with Crippen LogP contribution >= 0.6 is 27.3 Å². The monoisotopic (exact) mass is 325 g/mol. The number of rotatable bonds is 1. The fourth-order valence-electron chi connectivity index (χ4n) is 1.69. The fourth-order valence-corrected chi connectivity index (χ4v) is 3.51. The molecule has 0 fully saturated rings. The van der Waals surface area contributed by atoms with Crippen LogP contribution in [0.15, 0.2) is 25.9 Å². The molecule has 92 valence electrons. The van der Waals surface area contributed by atoms with Crippen LogP contribution in [-0.4, -0.2) is 14.8 Å². The van der Waals surface area contributed by atoms with Gasteiger partial charge in [0.15, 0.2) is 0 Å². The molecular weight excluding hydrogens is 318 g/mol. The Morgan fingerprint density at radius 2 is 2.22 bits per heavy atom. The molecule has 0 radical (unpaired) electrons. The Labute approximate surface area is 114 Å². The van der Waals surface area contributed by atoms with E-state index in [4.69, 9.17) is 4.42 Å². The molecule has 0 bridgehead atoms. The molecule has 0 saturated carbocycles. The highest BCUT2D eigenvalue weighted by Gasteiger charge is 2.14. The van der Waals surface area contributed by atoms with Crippen LogP contribution in [0.2, 0.25) is 0 Å². The van der Waals surface area contributed by atoms with Crippen LogP contribution in [-0.2, 0) is 7.05 Å². The van der Waals surface area contributed by atoms with Crippen molar-refractivity contribution in [2.45, 2.75) is 6.92 Å². The number of aromatic nitrogens is 3. The molecule has 0 saturated heterocycles. The van der Waals surface area contributed by atoms with Gasteiger partial charge in [-0.15, -0.1) is 21.5 Å². The van der Waals surface area contributed by atoms with Crippen molar-refractivity contribution in [1.82, 2.24) is 14.8 Å². The maximum atomic E-state index is 12.0. The molecule has 3 aromatic rings. The molecule has 3 rings (SSSR count).